The van der Waals surface area contributed by atoms with Crippen LogP contribution < -0.4 is 5.73 Å². The number of benzene rings is 1. The fraction of sp³-hybridized carbons (Fsp3) is 0.200. The van der Waals surface area contributed by atoms with E-state index in [1.54, 1.807) is 0 Å². The van der Waals surface area contributed by atoms with Crippen LogP contribution in [-0.4, -0.2) is 4.57 Å². The fourth-order valence-corrected chi connectivity index (χ4v) is 1.90. The van der Waals surface area contributed by atoms with E-state index in [1.807, 2.05) is 35.9 Å². The molecule has 2 rings (SSSR count). The molecule has 1 heterocycles. The molecular formula is C10H11ClN2. The predicted molar refractivity (Wildman–Crippen MR) is 55.8 cm³/mol. The molecule has 0 amide bonds. The summed E-state index contributed by atoms with van der Waals surface area (Å²) in [5, 5.41) is 1.89. The van der Waals surface area contributed by atoms with Crippen LogP contribution in [0.3, 0.4) is 0 Å². The standard InChI is InChI=1S/C10H11ClN2/c1-13-9-5-3-2-4-7(9)8(6-12)10(13)11/h2-5H,6,12H2,1H3. The van der Waals surface area contributed by atoms with Gasteiger partial charge in [0, 0.05) is 30.1 Å². The largest absolute Gasteiger partial charge is 0.334 e. The van der Waals surface area contributed by atoms with Crippen LogP contribution in [0.25, 0.3) is 10.9 Å². The van der Waals surface area contributed by atoms with Crippen LogP contribution >= 0.6 is 11.6 Å². The average Bonchev–Trinajstić information content (AvgIpc) is 2.41. The Morgan fingerprint density at radius 3 is 2.77 bits per heavy atom. The lowest BCUT2D eigenvalue weighted by Crippen LogP contribution is -1.96. The van der Waals surface area contributed by atoms with Gasteiger partial charge in [0.1, 0.15) is 5.15 Å². The molecule has 0 saturated carbocycles. The number of hydrogen-bond donors (Lipinski definition) is 1. The van der Waals surface area contributed by atoms with Gasteiger partial charge in [-0.3, -0.25) is 0 Å². The summed E-state index contributed by atoms with van der Waals surface area (Å²) in [6, 6.07) is 8.08. The first-order valence-electron chi connectivity index (χ1n) is 4.17. The van der Waals surface area contributed by atoms with Gasteiger partial charge in [-0.1, -0.05) is 29.8 Å². The van der Waals surface area contributed by atoms with Crippen LogP contribution in [0, 0.1) is 0 Å². The zero-order valence-corrected chi connectivity index (χ0v) is 8.17. The van der Waals surface area contributed by atoms with E-state index < -0.39 is 0 Å². The Labute approximate surface area is 81.9 Å². The maximum absolute atomic E-state index is 6.12. The van der Waals surface area contributed by atoms with E-state index in [4.69, 9.17) is 17.3 Å². The van der Waals surface area contributed by atoms with Gasteiger partial charge >= 0.3 is 0 Å². The molecule has 3 heteroatoms. The molecule has 0 aliphatic carbocycles. The zero-order chi connectivity index (χ0) is 9.42. The minimum absolute atomic E-state index is 0.486. The Hall–Kier alpha value is -0.990. The molecule has 0 unspecified atom stereocenters. The molecule has 0 saturated heterocycles. The van der Waals surface area contributed by atoms with E-state index >= 15 is 0 Å². The van der Waals surface area contributed by atoms with Crippen molar-refractivity contribution in [2.24, 2.45) is 12.8 Å². The number of nitrogens with zero attached hydrogens (tertiary/aromatic N) is 1. The quantitative estimate of drug-likeness (QED) is 0.742. The molecule has 0 aliphatic heterocycles. The first-order chi connectivity index (χ1) is 6.25. The van der Waals surface area contributed by atoms with E-state index in [1.165, 1.54) is 0 Å². The van der Waals surface area contributed by atoms with Crippen molar-refractivity contribution < 1.29 is 0 Å². The molecule has 0 spiro atoms. The highest BCUT2D eigenvalue weighted by atomic mass is 35.5. The minimum Gasteiger partial charge on any atom is -0.334 e. The van der Waals surface area contributed by atoms with Crippen molar-refractivity contribution in [3.8, 4) is 0 Å². The van der Waals surface area contributed by atoms with Crippen molar-refractivity contribution in [2.75, 3.05) is 0 Å². The summed E-state index contributed by atoms with van der Waals surface area (Å²) < 4.78 is 1.96. The van der Waals surface area contributed by atoms with E-state index in [0.717, 1.165) is 21.6 Å². The zero-order valence-electron chi connectivity index (χ0n) is 7.42. The van der Waals surface area contributed by atoms with Gasteiger partial charge in [0.15, 0.2) is 0 Å². The third kappa shape index (κ3) is 1.14. The number of rotatable bonds is 1. The Bertz CT molecular complexity index is 445. The highest BCUT2D eigenvalue weighted by Gasteiger charge is 2.10. The average molecular weight is 195 g/mol. The van der Waals surface area contributed by atoms with Gasteiger partial charge < -0.3 is 10.3 Å². The van der Waals surface area contributed by atoms with Crippen LogP contribution in [0.4, 0.5) is 0 Å². The number of aromatic nitrogens is 1. The second-order valence-electron chi connectivity index (χ2n) is 3.05. The van der Waals surface area contributed by atoms with Gasteiger partial charge in [-0.15, -0.1) is 0 Å². The first kappa shape index (κ1) is 8.60. The second-order valence-corrected chi connectivity index (χ2v) is 3.41. The molecule has 0 bridgehead atoms. The Kier molecular flexibility index (Phi) is 2.02. The topological polar surface area (TPSA) is 30.9 Å². The van der Waals surface area contributed by atoms with Crippen molar-refractivity contribution >= 4 is 22.5 Å². The van der Waals surface area contributed by atoms with Crippen LogP contribution in [0.5, 0.6) is 0 Å². The van der Waals surface area contributed by atoms with Crippen LogP contribution in [-0.2, 0) is 13.6 Å². The summed E-state index contributed by atoms with van der Waals surface area (Å²) in [4.78, 5) is 0. The fourth-order valence-electron chi connectivity index (χ4n) is 1.63. The minimum atomic E-state index is 0.486. The molecule has 0 radical (unpaired) electrons. The lowest BCUT2D eigenvalue weighted by atomic mass is 10.2. The Morgan fingerprint density at radius 2 is 2.08 bits per heavy atom. The smallest absolute Gasteiger partial charge is 0.114 e. The molecule has 13 heavy (non-hydrogen) atoms. The number of aryl methyl sites for hydroxylation is 1. The van der Waals surface area contributed by atoms with Gasteiger partial charge in [-0.25, -0.2) is 0 Å². The van der Waals surface area contributed by atoms with Crippen molar-refractivity contribution in [3.63, 3.8) is 0 Å². The summed E-state index contributed by atoms with van der Waals surface area (Å²) in [7, 11) is 1.95. The van der Waals surface area contributed by atoms with E-state index in [0.29, 0.717) is 6.54 Å². The number of fused-ring (bicyclic) bond motifs is 1. The summed E-state index contributed by atoms with van der Waals surface area (Å²) in [6.07, 6.45) is 0. The SMILES string of the molecule is Cn1c(Cl)c(CN)c2ccccc21. The van der Waals surface area contributed by atoms with E-state index in [9.17, 15) is 0 Å². The summed E-state index contributed by atoms with van der Waals surface area (Å²) >= 11 is 6.12. The molecule has 1 aromatic heterocycles. The van der Waals surface area contributed by atoms with Crippen LogP contribution in [0.2, 0.25) is 5.15 Å². The van der Waals surface area contributed by atoms with Crippen LogP contribution in [0.1, 0.15) is 5.56 Å². The summed E-state index contributed by atoms with van der Waals surface area (Å²) in [6.45, 7) is 0.486. The lowest BCUT2D eigenvalue weighted by Gasteiger charge is -1.95. The summed E-state index contributed by atoms with van der Waals surface area (Å²) in [5.74, 6) is 0. The summed E-state index contributed by atoms with van der Waals surface area (Å²) in [5.41, 5.74) is 7.79. The van der Waals surface area contributed by atoms with Crippen molar-refractivity contribution in [3.05, 3.63) is 35.0 Å². The highest BCUT2D eigenvalue weighted by Crippen LogP contribution is 2.28. The van der Waals surface area contributed by atoms with Gasteiger partial charge in [0.25, 0.3) is 0 Å². The molecular weight excluding hydrogens is 184 g/mol. The first-order valence-corrected chi connectivity index (χ1v) is 4.55. The maximum Gasteiger partial charge on any atom is 0.114 e. The molecule has 2 nitrogen and oxygen atoms in total. The Morgan fingerprint density at radius 1 is 1.38 bits per heavy atom. The number of hydrogen-bond acceptors (Lipinski definition) is 1. The van der Waals surface area contributed by atoms with Gasteiger partial charge in [-0.05, 0) is 6.07 Å². The van der Waals surface area contributed by atoms with Gasteiger partial charge in [0.05, 0.1) is 0 Å². The molecule has 2 N–H and O–H groups in total. The molecule has 2 aromatic rings. The second kappa shape index (κ2) is 3.05. The van der Waals surface area contributed by atoms with Gasteiger partial charge in [-0.2, -0.15) is 0 Å². The molecule has 68 valence electrons. The third-order valence-corrected chi connectivity index (χ3v) is 2.82. The lowest BCUT2D eigenvalue weighted by molar-refractivity contribution is 0.950. The maximum atomic E-state index is 6.12. The molecule has 1 aromatic carbocycles. The van der Waals surface area contributed by atoms with Crippen molar-refractivity contribution in [1.82, 2.24) is 4.57 Å². The number of para-hydroxylation sites is 1. The molecule has 0 atom stereocenters. The Balaban J connectivity index is 2.90. The predicted octanol–water partition coefficient (Wildman–Crippen LogP) is 2.29. The van der Waals surface area contributed by atoms with E-state index in [-0.39, 0.29) is 0 Å². The molecule has 0 aliphatic rings. The van der Waals surface area contributed by atoms with Crippen molar-refractivity contribution in [2.45, 2.75) is 6.54 Å². The van der Waals surface area contributed by atoms with Crippen LogP contribution in [0.15, 0.2) is 24.3 Å². The van der Waals surface area contributed by atoms with Crippen molar-refractivity contribution in [1.29, 1.82) is 0 Å². The molecule has 0 fully saturated rings. The van der Waals surface area contributed by atoms with E-state index in [2.05, 4.69) is 0 Å². The number of nitrogens with two attached hydrogens (primary N) is 1. The highest BCUT2D eigenvalue weighted by molar-refractivity contribution is 6.32. The normalized spacial score (nSPS) is 11.0. The third-order valence-electron chi connectivity index (χ3n) is 2.34. The monoisotopic (exact) mass is 194 g/mol. The number of halogens is 1. The van der Waals surface area contributed by atoms with Gasteiger partial charge in [0.2, 0.25) is 0 Å².